The number of nitrogens with zero attached hydrogens (tertiary/aromatic N) is 1. The van der Waals surface area contributed by atoms with E-state index in [9.17, 15) is 12.8 Å². The molecule has 7 heteroatoms. The molecule has 0 unspecified atom stereocenters. The van der Waals surface area contributed by atoms with E-state index in [1.54, 1.807) is 0 Å². The van der Waals surface area contributed by atoms with Gasteiger partial charge in [0.1, 0.15) is 5.82 Å². The molecule has 0 radical (unpaired) electrons. The van der Waals surface area contributed by atoms with Crippen molar-refractivity contribution in [1.82, 2.24) is 4.31 Å². The van der Waals surface area contributed by atoms with E-state index in [2.05, 4.69) is 0 Å². The number of piperidine rings is 1. The summed E-state index contributed by atoms with van der Waals surface area (Å²) in [4.78, 5) is 0.0391. The molecule has 0 atom stereocenters. The van der Waals surface area contributed by atoms with Gasteiger partial charge in [0, 0.05) is 19.7 Å². The number of hydrogen-bond donors (Lipinski definition) is 0. The predicted octanol–water partition coefficient (Wildman–Crippen LogP) is 2.81. The van der Waals surface area contributed by atoms with Gasteiger partial charge < -0.3 is 4.74 Å². The van der Waals surface area contributed by atoms with Gasteiger partial charge in [-0.3, -0.25) is 0 Å². The maximum atomic E-state index is 13.2. The Balaban J connectivity index is 1.78. The first-order valence-electron chi connectivity index (χ1n) is 7.02. The summed E-state index contributed by atoms with van der Waals surface area (Å²) < 4.78 is 45.5. The molecule has 2 heterocycles. The minimum atomic E-state index is -3.62. The van der Waals surface area contributed by atoms with Crippen molar-refractivity contribution in [2.24, 2.45) is 0 Å². The number of rotatable bonds is 2. The third kappa shape index (κ3) is 2.82. The van der Waals surface area contributed by atoms with Gasteiger partial charge in [0.15, 0.2) is 0 Å². The molecule has 1 aromatic rings. The van der Waals surface area contributed by atoms with Crippen LogP contribution in [-0.4, -0.2) is 38.0 Å². The van der Waals surface area contributed by atoms with Crippen molar-refractivity contribution in [3.8, 4) is 0 Å². The molecule has 0 N–H and O–H groups in total. The third-order valence-corrected chi connectivity index (χ3v) is 6.53. The molecule has 0 aromatic heterocycles. The lowest BCUT2D eigenvalue weighted by Crippen LogP contribution is -2.46. The fraction of sp³-hybridized carbons (Fsp3) is 0.571. The van der Waals surface area contributed by atoms with E-state index in [4.69, 9.17) is 16.3 Å². The fourth-order valence-corrected chi connectivity index (χ4v) is 4.78. The highest BCUT2D eigenvalue weighted by Gasteiger charge is 2.41. The Labute approximate surface area is 128 Å². The van der Waals surface area contributed by atoms with Crippen LogP contribution in [0.3, 0.4) is 0 Å². The van der Waals surface area contributed by atoms with Gasteiger partial charge >= 0.3 is 0 Å². The van der Waals surface area contributed by atoms with Crippen molar-refractivity contribution in [2.75, 3.05) is 19.7 Å². The summed E-state index contributed by atoms with van der Waals surface area (Å²) in [5.74, 6) is -0.618. The number of hydrogen-bond acceptors (Lipinski definition) is 3. The molecule has 2 aliphatic heterocycles. The van der Waals surface area contributed by atoms with E-state index in [1.165, 1.54) is 16.4 Å². The van der Waals surface area contributed by atoms with Crippen LogP contribution >= 0.6 is 11.6 Å². The zero-order chi connectivity index (χ0) is 15.1. The van der Waals surface area contributed by atoms with E-state index in [1.807, 2.05) is 0 Å². The molecule has 2 aliphatic rings. The average molecular weight is 334 g/mol. The second-order valence-corrected chi connectivity index (χ2v) is 7.96. The van der Waals surface area contributed by atoms with Gasteiger partial charge in [0.25, 0.3) is 0 Å². The van der Waals surface area contributed by atoms with Crippen molar-refractivity contribution < 1.29 is 17.5 Å². The lowest BCUT2D eigenvalue weighted by molar-refractivity contribution is -0.0309. The highest BCUT2D eigenvalue weighted by molar-refractivity contribution is 7.89. The quantitative estimate of drug-likeness (QED) is 0.836. The highest BCUT2D eigenvalue weighted by atomic mass is 35.5. The summed E-state index contributed by atoms with van der Waals surface area (Å²) in [7, 11) is -3.62. The monoisotopic (exact) mass is 333 g/mol. The Morgan fingerprint density at radius 2 is 1.95 bits per heavy atom. The fourth-order valence-electron chi connectivity index (χ4n) is 3.07. The maximum Gasteiger partial charge on any atom is 0.243 e. The zero-order valence-corrected chi connectivity index (χ0v) is 13.1. The van der Waals surface area contributed by atoms with Gasteiger partial charge in [0.05, 0.1) is 15.5 Å². The first-order chi connectivity index (χ1) is 9.93. The van der Waals surface area contributed by atoms with Crippen LogP contribution in [0.25, 0.3) is 0 Å². The molecule has 1 aromatic carbocycles. The van der Waals surface area contributed by atoms with Gasteiger partial charge in [-0.05, 0) is 43.9 Å². The smallest absolute Gasteiger partial charge is 0.243 e. The van der Waals surface area contributed by atoms with Gasteiger partial charge in [-0.2, -0.15) is 4.31 Å². The largest absolute Gasteiger partial charge is 0.375 e. The number of ether oxygens (including phenoxy) is 1. The Morgan fingerprint density at radius 1 is 1.24 bits per heavy atom. The van der Waals surface area contributed by atoms with Crippen molar-refractivity contribution in [3.63, 3.8) is 0 Å². The molecule has 1 spiro atoms. The molecule has 4 nitrogen and oxygen atoms in total. The first-order valence-corrected chi connectivity index (χ1v) is 8.84. The first kappa shape index (κ1) is 15.2. The zero-order valence-electron chi connectivity index (χ0n) is 11.5. The Morgan fingerprint density at radius 3 is 2.52 bits per heavy atom. The van der Waals surface area contributed by atoms with E-state index >= 15 is 0 Å². The van der Waals surface area contributed by atoms with E-state index in [0.717, 1.165) is 25.5 Å². The summed E-state index contributed by atoms with van der Waals surface area (Å²) in [5.41, 5.74) is -0.132. The van der Waals surface area contributed by atoms with E-state index in [-0.39, 0.29) is 15.5 Å². The average Bonchev–Trinajstić information content (AvgIpc) is 2.90. The lowest BCUT2D eigenvalue weighted by Gasteiger charge is -2.37. The summed E-state index contributed by atoms with van der Waals surface area (Å²) in [6.45, 7) is 1.62. The Kier molecular flexibility index (Phi) is 3.98. The van der Waals surface area contributed by atoms with Crippen LogP contribution in [0.5, 0.6) is 0 Å². The topological polar surface area (TPSA) is 46.6 Å². The summed E-state index contributed by atoms with van der Waals surface area (Å²) in [5, 5.41) is -0.177. The Bertz CT molecular complexity index is 634. The molecule has 0 aliphatic carbocycles. The summed E-state index contributed by atoms with van der Waals surface area (Å²) in [6, 6.07) is 3.51. The van der Waals surface area contributed by atoms with Crippen LogP contribution in [0.15, 0.2) is 23.1 Å². The molecular weight excluding hydrogens is 317 g/mol. The molecular formula is C14H17ClFNO3S. The minimum Gasteiger partial charge on any atom is -0.375 e. The third-order valence-electron chi connectivity index (χ3n) is 4.35. The molecule has 0 bridgehead atoms. The molecule has 116 valence electrons. The van der Waals surface area contributed by atoms with Gasteiger partial charge in [0.2, 0.25) is 10.0 Å². The molecule has 2 fully saturated rings. The summed E-state index contributed by atoms with van der Waals surface area (Å²) >= 11 is 5.68. The van der Waals surface area contributed by atoms with Crippen LogP contribution < -0.4 is 0 Å². The van der Waals surface area contributed by atoms with Gasteiger partial charge in [-0.15, -0.1) is 0 Å². The number of halogens is 2. The summed E-state index contributed by atoms with van der Waals surface area (Å²) in [6.07, 6.45) is 3.46. The van der Waals surface area contributed by atoms with Crippen LogP contribution in [0.4, 0.5) is 4.39 Å². The maximum absolute atomic E-state index is 13.2. The molecule has 0 amide bonds. The van der Waals surface area contributed by atoms with Gasteiger partial charge in [-0.1, -0.05) is 11.6 Å². The van der Waals surface area contributed by atoms with E-state index in [0.29, 0.717) is 25.9 Å². The van der Waals surface area contributed by atoms with Crippen molar-refractivity contribution >= 4 is 21.6 Å². The van der Waals surface area contributed by atoms with Crippen LogP contribution in [-0.2, 0) is 14.8 Å². The van der Waals surface area contributed by atoms with Crippen LogP contribution in [0.2, 0.25) is 5.02 Å². The molecule has 3 rings (SSSR count). The second kappa shape index (κ2) is 5.50. The lowest BCUT2D eigenvalue weighted by atomic mass is 9.90. The SMILES string of the molecule is O=S(=O)(c1ccc(F)c(Cl)c1)N1CCC2(CCCO2)CC1. The molecule has 21 heavy (non-hydrogen) atoms. The normalized spacial score (nSPS) is 22.8. The highest BCUT2D eigenvalue weighted by Crippen LogP contribution is 2.37. The van der Waals surface area contributed by atoms with Crippen molar-refractivity contribution in [1.29, 1.82) is 0 Å². The van der Waals surface area contributed by atoms with Crippen molar-refractivity contribution in [3.05, 3.63) is 29.0 Å². The second-order valence-electron chi connectivity index (χ2n) is 5.62. The van der Waals surface area contributed by atoms with Crippen molar-refractivity contribution in [2.45, 2.75) is 36.2 Å². The number of benzene rings is 1. The van der Waals surface area contributed by atoms with E-state index < -0.39 is 15.8 Å². The van der Waals surface area contributed by atoms with Crippen LogP contribution in [0.1, 0.15) is 25.7 Å². The minimum absolute atomic E-state index is 0.0391. The Hall–Kier alpha value is -0.690. The predicted molar refractivity (Wildman–Crippen MR) is 77.3 cm³/mol. The standard InChI is InChI=1S/C14H17ClFNO3S/c15-12-10-11(2-3-13(12)16)21(18,19)17-7-5-14(6-8-17)4-1-9-20-14/h2-3,10H,1,4-9H2. The molecule has 0 saturated carbocycles. The number of sulfonamides is 1. The molecule has 2 saturated heterocycles. The van der Waals surface area contributed by atoms with Gasteiger partial charge in [-0.25, -0.2) is 12.8 Å². The van der Waals surface area contributed by atoms with Crippen LogP contribution in [0, 0.1) is 5.82 Å².